The minimum atomic E-state index is 0.471. The highest BCUT2D eigenvalue weighted by Gasteiger charge is 2.04. The maximum absolute atomic E-state index is 5.70. The first-order valence-corrected chi connectivity index (χ1v) is 5.00. The summed E-state index contributed by atoms with van der Waals surface area (Å²) >= 11 is 5.70. The summed E-state index contributed by atoms with van der Waals surface area (Å²) in [5.41, 5.74) is 3.29. The van der Waals surface area contributed by atoms with Crippen molar-refractivity contribution in [1.82, 2.24) is 9.97 Å². The quantitative estimate of drug-likeness (QED) is 0.752. The molecule has 1 aromatic carbocycles. The number of alkyl halides is 1. The molecule has 0 unspecified atom stereocenters. The van der Waals surface area contributed by atoms with Gasteiger partial charge in [-0.2, -0.15) is 0 Å². The third kappa shape index (κ3) is 1.66. The molecule has 0 bridgehead atoms. The molecule has 1 N–H and O–H groups in total. The predicted molar refractivity (Wildman–Crippen MR) is 58.3 cm³/mol. The van der Waals surface area contributed by atoms with Crippen LogP contribution in [0, 0.1) is 6.92 Å². The van der Waals surface area contributed by atoms with Gasteiger partial charge < -0.3 is 4.98 Å². The zero-order valence-corrected chi connectivity index (χ0v) is 8.67. The fraction of sp³-hybridized carbons (Fsp3) is 0.182. The van der Waals surface area contributed by atoms with E-state index in [2.05, 4.69) is 23.0 Å². The summed E-state index contributed by atoms with van der Waals surface area (Å²) in [5, 5.41) is 0. The number of H-pyrrole nitrogens is 1. The molecule has 2 nitrogen and oxygen atoms in total. The molecular formula is C11H11ClN2. The zero-order valence-electron chi connectivity index (χ0n) is 7.92. The van der Waals surface area contributed by atoms with Crippen LogP contribution in [0.25, 0.3) is 11.4 Å². The lowest BCUT2D eigenvalue weighted by Crippen LogP contribution is -1.84. The number of aryl methyl sites for hydroxylation is 1. The standard InChI is InChI=1S/C11H11ClN2/c1-8-4-2-3-5-10(8)11-13-7-9(6-12)14-11/h2-5,7H,6H2,1H3,(H,13,14). The minimum Gasteiger partial charge on any atom is -0.341 e. The molecule has 0 saturated carbocycles. The molecule has 0 aliphatic heterocycles. The number of benzene rings is 1. The average molecular weight is 207 g/mol. The first-order valence-electron chi connectivity index (χ1n) is 4.47. The zero-order chi connectivity index (χ0) is 9.97. The van der Waals surface area contributed by atoms with E-state index in [0.29, 0.717) is 5.88 Å². The van der Waals surface area contributed by atoms with Crippen LogP contribution in [-0.4, -0.2) is 9.97 Å². The fourth-order valence-corrected chi connectivity index (χ4v) is 1.54. The van der Waals surface area contributed by atoms with Crippen molar-refractivity contribution < 1.29 is 0 Å². The number of hydrogen-bond donors (Lipinski definition) is 1. The van der Waals surface area contributed by atoms with Gasteiger partial charge in [0.25, 0.3) is 0 Å². The van der Waals surface area contributed by atoms with Gasteiger partial charge in [0.05, 0.1) is 5.88 Å². The van der Waals surface area contributed by atoms with Crippen LogP contribution in [0.5, 0.6) is 0 Å². The second kappa shape index (κ2) is 3.84. The first-order chi connectivity index (χ1) is 6.81. The van der Waals surface area contributed by atoms with Crippen molar-refractivity contribution >= 4 is 11.6 Å². The third-order valence-corrected chi connectivity index (χ3v) is 2.46. The molecule has 0 aliphatic carbocycles. The number of rotatable bonds is 2. The lowest BCUT2D eigenvalue weighted by atomic mass is 10.1. The van der Waals surface area contributed by atoms with E-state index in [-0.39, 0.29) is 0 Å². The molecule has 0 aliphatic rings. The Morgan fingerprint density at radius 3 is 2.79 bits per heavy atom. The minimum absolute atomic E-state index is 0.471. The maximum atomic E-state index is 5.70. The van der Waals surface area contributed by atoms with Gasteiger partial charge in [-0.15, -0.1) is 11.6 Å². The summed E-state index contributed by atoms with van der Waals surface area (Å²) < 4.78 is 0. The van der Waals surface area contributed by atoms with E-state index >= 15 is 0 Å². The topological polar surface area (TPSA) is 28.7 Å². The molecule has 0 atom stereocenters. The third-order valence-electron chi connectivity index (χ3n) is 2.17. The molecule has 3 heteroatoms. The van der Waals surface area contributed by atoms with E-state index in [0.717, 1.165) is 17.1 Å². The van der Waals surface area contributed by atoms with Gasteiger partial charge in [-0.1, -0.05) is 24.3 Å². The molecular weight excluding hydrogens is 196 g/mol. The summed E-state index contributed by atoms with van der Waals surface area (Å²) in [7, 11) is 0. The van der Waals surface area contributed by atoms with Crippen LogP contribution >= 0.6 is 11.6 Å². The van der Waals surface area contributed by atoms with Gasteiger partial charge in [-0.05, 0) is 12.5 Å². The first kappa shape index (κ1) is 9.28. The normalized spacial score (nSPS) is 10.4. The highest BCUT2D eigenvalue weighted by Crippen LogP contribution is 2.19. The van der Waals surface area contributed by atoms with Crippen molar-refractivity contribution in [3.05, 3.63) is 41.7 Å². The van der Waals surface area contributed by atoms with Crippen LogP contribution < -0.4 is 0 Å². The molecule has 0 fully saturated rings. The molecule has 1 heterocycles. The number of aromatic nitrogens is 2. The molecule has 0 amide bonds. The molecule has 0 spiro atoms. The Hall–Kier alpha value is -1.28. The van der Waals surface area contributed by atoms with Crippen molar-refractivity contribution in [2.45, 2.75) is 12.8 Å². The molecule has 0 radical (unpaired) electrons. The van der Waals surface area contributed by atoms with E-state index in [9.17, 15) is 0 Å². The number of nitrogens with zero attached hydrogens (tertiary/aromatic N) is 1. The fourth-order valence-electron chi connectivity index (χ4n) is 1.40. The molecule has 0 saturated heterocycles. The second-order valence-corrected chi connectivity index (χ2v) is 3.47. The summed E-state index contributed by atoms with van der Waals surface area (Å²) in [5.74, 6) is 1.36. The molecule has 72 valence electrons. The van der Waals surface area contributed by atoms with Crippen LogP contribution in [-0.2, 0) is 5.88 Å². The van der Waals surface area contributed by atoms with Crippen molar-refractivity contribution in [1.29, 1.82) is 0 Å². The highest BCUT2D eigenvalue weighted by atomic mass is 35.5. The summed E-state index contributed by atoms with van der Waals surface area (Å²) in [6.45, 7) is 2.07. The van der Waals surface area contributed by atoms with Gasteiger partial charge in [0.1, 0.15) is 5.82 Å². The number of halogens is 1. The van der Waals surface area contributed by atoms with Gasteiger partial charge in [-0.25, -0.2) is 4.98 Å². The van der Waals surface area contributed by atoms with Gasteiger partial charge in [0.2, 0.25) is 0 Å². The van der Waals surface area contributed by atoms with E-state index in [1.807, 2.05) is 18.2 Å². The lowest BCUT2D eigenvalue weighted by molar-refractivity contribution is 1.22. The summed E-state index contributed by atoms with van der Waals surface area (Å²) in [6, 6.07) is 8.14. The Bertz CT molecular complexity index is 434. The Balaban J connectivity index is 2.44. The smallest absolute Gasteiger partial charge is 0.137 e. The van der Waals surface area contributed by atoms with Crippen molar-refractivity contribution in [2.24, 2.45) is 0 Å². The van der Waals surface area contributed by atoms with Gasteiger partial charge in [0, 0.05) is 17.5 Å². The van der Waals surface area contributed by atoms with Crippen molar-refractivity contribution in [3.8, 4) is 11.4 Å². The van der Waals surface area contributed by atoms with E-state index in [1.54, 1.807) is 6.20 Å². The van der Waals surface area contributed by atoms with Crippen LogP contribution in [0.2, 0.25) is 0 Å². The van der Waals surface area contributed by atoms with E-state index < -0.39 is 0 Å². The maximum Gasteiger partial charge on any atom is 0.137 e. The number of hydrogen-bond acceptors (Lipinski definition) is 1. The Labute approximate surface area is 88.0 Å². The summed E-state index contributed by atoms with van der Waals surface area (Å²) in [6.07, 6.45) is 1.77. The van der Waals surface area contributed by atoms with Crippen LogP contribution in [0.1, 0.15) is 11.3 Å². The monoisotopic (exact) mass is 206 g/mol. The van der Waals surface area contributed by atoms with E-state index in [1.165, 1.54) is 5.56 Å². The Morgan fingerprint density at radius 1 is 1.36 bits per heavy atom. The average Bonchev–Trinajstić information content (AvgIpc) is 2.67. The largest absolute Gasteiger partial charge is 0.341 e. The van der Waals surface area contributed by atoms with Crippen LogP contribution in [0.3, 0.4) is 0 Å². The Morgan fingerprint density at radius 2 is 2.14 bits per heavy atom. The second-order valence-electron chi connectivity index (χ2n) is 3.21. The van der Waals surface area contributed by atoms with Crippen LogP contribution in [0.15, 0.2) is 30.5 Å². The van der Waals surface area contributed by atoms with Gasteiger partial charge >= 0.3 is 0 Å². The predicted octanol–water partition coefficient (Wildman–Crippen LogP) is 3.12. The number of aromatic amines is 1. The molecule has 2 rings (SSSR count). The van der Waals surface area contributed by atoms with Gasteiger partial charge in [-0.3, -0.25) is 0 Å². The summed E-state index contributed by atoms with van der Waals surface area (Å²) in [4.78, 5) is 7.46. The van der Waals surface area contributed by atoms with Crippen LogP contribution in [0.4, 0.5) is 0 Å². The highest BCUT2D eigenvalue weighted by molar-refractivity contribution is 6.16. The lowest BCUT2D eigenvalue weighted by Gasteiger charge is -2.00. The van der Waals surface area contributed by atoms with Crippen molar-refractivity contribution in [2.75, 3.05) is 0 Å². The molecule has 1 aromatic heterocycles. The number of imidazole rings is 1. The molecule has 14 heavy (non-hydrogen) atoms. The van der Waals surface area contributed by atoms with Crippen molar-refractivity contribution in [3.63, 3.8) is 0 Å². The van der Waals surface area contributed by atoms with Gasteiger partial charge in [0.15, 0.2) is 0 Å². The Kier molecular flexibility index (Phi) is 2.55. The number of nitrogens with one attached hydrogen (secondary N) is 1. The van der Waals surface area contributed by atoms with E-state index in [4.69, 9.17) is 11.6 Å². The molecule has 2 aromatic rings. The SMILES string of the molecule is Cc1ccccc1-c1ncc(CCl)[nH]1.